The first-order chi connectivity index (χ1) is 16.5. The second kappa shape index (κ2) is 10.2. The Labute approximate surface area is 209 Å². The largest absolute Gasteiger partial charge is 0.380 e. The van der Waals surface area contributed by atoms with Crippen LogP contribution in [0.2, 0.25) is 25.7 Å². The zero-order valence-electron chi connectivity index (χ0n) is 21.9. The van der Waals surface area contributed by atoms with Crippen molar-refractivity contribution in [3.63, 3.8) is 0 Å². The van der Waals surface area contributed by atoms with Crippen molar-refractivity contribution < 1.29 is 14.3 Å². The monoisotopic (exact) mass is 494 g/mol. The van der Waals surface area contributed by atoms with E-state index in [1.165, 1.54) is 0 Å². The smallest absolute Gasteiger partial charge is 0.171 e. The number of ether oxygens (including phenoxy) is 2. The fraction of sp³-hybridized carbons (Fsp3) is 0.519. The highest BCUT2D eigenvalue weighted by molar-refractivity contribution is 6.76. The Morgan fingerprint density at radius 1 is 1.29 bits per heavy atom. The number of hydrogen-bond acceptors (Lipinski definition) is 6. The second-order valence-corrected chi connectivity index (χ2v) is 17.3. The standard InChI is InChI=1S/C27H38N4O3Si/c1-27(2,3)25(32)22-16-31(18-34-12-13-35(4,5)6)26-24(22)30-23(15-28-26)19-8-7-9-20(14-19)29-21-10-11-33-17-21/h7-9,14-16,21,29H,10-13,17-18H2,1-6H3. The van der Waals surface area contributed by atoms with E-state index in [2.05, 4.69) is 37.1 Å². The van der Waals surface area contributed by atoms with Gasteiger partial charge in [-0.05, 0) is 24.6 Å². The van der Waals surface area contributed by atoms with Gasteiger partial charge in [-0.3, -0.25) is 4.79 Å². The molecule has 4 rings (SSSR count). The van der Waals surface area contributed by atoms with E-state index < -0.39 is 13.5 Å². The van der Waals surface area contributed by atoms with Crippen LogP contribution < -0.4 is 5.32 Å². The molecule has 1 aliphatic heterocycles. The van der Waals surface area contributed by atoms with Gasteiger partial charge >= 0.3 is 0 Å². The second-order valence-electron chi connectivity index (χ2n) is 11.7. The zero-order valence-corrected chi connectivity index (χ0v) is 22.9. The van der Waals surface area contributed by atoms with E-state index >= 15 is 0 Å². The van der Waals surface area contributed by atoms with E-state index in [-0.39, 0.29) is 5.78 Å². The highest BCUT2D eigenvalue weighted by Gasteiger charge is 2.28. The fourth-order valence-electron chi connectivity index (χ4n) is 4.05. The molecule has 0 radical (unpaired) electrons. The fourth-order valence-corrected chi connectivity index (χ4v) is 4.81. The van der Waals surface area contributed by atoms with Crippen molar-refractivity contribution in [2.24, 2.45) is 5.41 Å². The van der Waals surface area contributed by atoms with Crippen molar-refractivity contribution in [2.75, 3.05) is 25.1 Å². The van der Waals surface area contributed by atoms with Gasteiger partial charge < -0.3 is 19.4 Å². The topological polar surface area (TPSA) is 78.3 Å². The lowest BCUT2D eigenvalue weighted by Crippen LogP contribution is -2.22. The van der Waals surface area contributed by atoms with Crippen molar-refractivity contribution >= 4 is 30.7 Å². The minimum atomic E-state index is -1.18. The average molecular weight is 495 g/mol. The summed E-state index contributed by atoms with van der Waals surface area (Å²) in [5.74, 6) is 0.0476. The molecule has 0 saturated carbocycles. The quantitative estimate of drug-likeness (QED) is 0.229. The summed E-state index contributed by atoms with van der Waals surface area (Å²) >= 11 is 0. The summed E-state index contributed by atoms with van der Waals surface area (Å²) in [5, 5.41) is 3.54. The molecule has 1 unspecified atom stereocenters. The van der Waals surface area contributed by atoms with Gasteiger partial charge in [0.15, 0.2) is 11.4 Å². The molecule has 3 aromatic rings. The third-order valence-corrected chi connectivity index (χ3v) is 7.88. The Kier molecular flexibility index (Phi) is 7.45. The van der Waals surface area contributed by atoms with Gasteiger partial charge in [-0.25, -0.2) is 9.97 Å². The number of aromatic nitrogens is 3. The zero-order chi connectivity index (χ0) is 25.2. The first kappa shape index (κ1) is 25.5. The predicted molar refractivity (Wildman–Crippen MR) is 144 cm³/mol. The molecule has 0 spiro atoms. The van der Waals surface area contributed by atoms with Gasteiger partial charge in [0, 0.05) is 44.2 Å². The van der Waals surface area contributed by atoms with Gasteiger partial charge in [0.1, 0.15) is 12.2 Å². The van der Waals surface area contributed by atoms with Crippen LogP contribution in [0.4, 0.5) is 5.69 Å². The van der Waals surface area contributed by atoms with Gasteiger partial charge in [-0.15, -0.1) is 0 Å². The van der Waals surface area contributed by atoms with Crippen LogP contribution in [0, 0.1) is 5.41 Å². The van der Waals surface area contributed by atoms with Crippen molar-refractivity contribution in [1.29, 1.82) is 0 Å². The molecular weight excluding hydrogens is 456 g/mol. The maximum absolute atomic E-state index is 13.3. The Morgan fingerprint density at radius 2 is 2.09 bits per heavy atom. The first-order valence-electron chi connectivity index (χ1n) is 12.4. The van der Waals surface area contributed by atoms with E-state index in [0.29, 0.717) is 36.1 Å². The molecule has 1 aromatic carbocycles. The maximum Gasteiger partial charge on any atom is 0.171 e. The Bertz CT molecular complexity index is 1190. The predicted octanol–water partition coefficient (Wildman–Crippen LogP) is 5.84. The van der Waals surface area contributed by atoms with Crippen molar-refractivity contribution in [2.45, 2.75) is 65.6 Å². The SMILES string of the molecule is CC(C)(C)C(=O)c1cn(COCC[Si](C)(C)C)c2ncc(-c3cccc(NC4CCOC4)c3)nc12. The number of carbonyl (C=O) groups is 1. The van der Waals surface area contributed by atoms with Crippen molar-refractivity contribution in [1.82, 2.24) is 14.5 Å². The van der Waals surface area contributed by atoms with Gasteiger partial charge in [-0.2, -0.15) is 0 Å². The van der Waals surface area contributed by atoms with Crippen LogP contribution in [0.5, 0.6) is 0 Å². The van der Waals surface area contributed by atoms with Crippen LogP contribution in [-0.2, 0) is 16.2 Å². The number of fused-ring (bicyclic) bond motifs is 1. The third-order valence-electron chi connectivity index (χ3n) is 6.18. The molecule has 3 heterocycles. The van der Waals surface area contributed by atoms with Crippen LogP contribution in [0.15, 0.2) is 36.7 Å². The number of carbonyl (C=O) groups excluding carboxylic acids is 1. The lowest BCUT2D eigenvalue weighted by molar-refractivity contribution is 0.0849. The highest BCUT2D eigenvalue weighted by atomic mass is 28.3. The van der Waals surface area contributed by atoms with Crippen LogP contribution in [-0.4, -0.2) is 54.3 Å². The number of hydrogen-bond donors (Lipinski definition) is 1. The molecule has 0 bridgehead atoms. The molecular formula is C27H38N4O3Si. The first-order valence-corrected chi connectivity index (χ1v) is 16.2. The van der Waals surface area contributed by atoms with Gasteiger partial charge in [0.2, 0.25) is 0 Å². The van der Waals surface area contributed by atoms with Crippen molar-refractivity contribution in [3.8, 4) is 11.3 Å². The molecule has 1 saturated heterocycles. The number of Topliss-reactive ketones (excluding diaryl/α,β-unsaturated/α-hetero) is 1. The number of nitrogens with one attached hydrogen (secondary N) is 1. The molecule has 7 nitrogen and oxygen atoms in total. The number of nitrogens with zero attached hydrogens (tertiary/aromatic N) is 3. The van der Waals surface area contributed by atoms with E-state index in [1.54, 1.807) is 6.20 Å². The summed E-state index contributed by atoms with van der Waals surface area (Å²) in [7, 11) is -1.18. The molecule has 35 heavy (non-hydrogen) atoms. The lowest BCUT2D eigenvalue weighted by atomic mass is 9.87. The van der Waals surface area contributed by atoms with E-state index in [0.717, 1.165) is 42.6 Å². The number of ketones is 1. The Hall–Kier alpha value is -2.55. The summed E-state index contributed by atoms with van der Waals surface area (Å²) in [6, 6.07) is 9.58. The number of anilines is 1. The van der Waals surface area contributed by atoms with Crippen LogP contribution in [0.3, 0.4) is 0 Å². The third kappa shape index (κ3) is 6.37. The lowest BCUT2D eigenvalue weighted by Gasteiger charge is -2.16. The van der Waals surface area contributed by atoms with Gasteiger partial charge in [0.25, 0.3) is 0 Å². The molecule has 188 valence electrons. The van der Waals surface area contributed by atoms with Crippen LogP contribution in [0.25, 0.3) is 22.4 Å². The normalized spacial score (nSPS) is 16.7. The van der Waals surface area contributed by atoms with Crippen molar-refractivity contribution in [3.05, 3.63) is 42.2 Å². The minimum Gasteiger partial charge on any atom is -0.380 e. The summed E-state index contributed by atoms with van der Waals surface area (Å²) < 4.78 is 13.4. The Balaban J connectivity index is 1.65. The maximum atomic E-state index is 13.3. The molecule has 1 atom stereocenters. The molecule has 0 aliphatic carbocycles. The minimum absolute atomic E-state index is 0.0476. The molecule has 1 N–H and O–H groups in total. The van der Waals surface area contributed by atoms with E-state index in [4.69, 9.17) is 19.4 Å². The molecule has 0 amide bonds. The Morgan fingerprint density at radius 3 is 2.77 bits per heavy atom. The molecule has 1 aliphatic rings. The summed E-state index contributed by atoms with van der Waals surface area (Å²) in [4.78, 5) is 23.0. The number of benzene rings is 1. The van der Waals surface area contributed by atoms with Gasteiger partial charge in [-0.1, -0.05) is 52.5 Å². The summed E-state index contributed by atoms with van der Waals surface area (Å²) in [5.41, 5.74) is 4.08. The highest BCUT2D eigenvalue weighted by Crippen LogP contribution is 2.29. The molecule has 1 fully saturated rings. The van der Waals surface area contributed by atoms with Crippen LogP contribution >= 0.6 is 0 Å². The van der Waals surface area contributed by atoms with E-state index in [9.17, 15) is 4.79 Å². The molecule has 8 heteroatoms. The van der Waals surface area contributed by atoms with Crippen LogP contribution in [0.1, 0.15) is 37.6 Å². The number of rotatable bonds is 9. The summed E-state index contributed by atoms with van der Waals surface area (Å²) in [6.45, 7) is 15.4. The molecule has 2 aromatic heterocycles. The summed E-state index contributed by atoms with van der Waals surface area (Å²) in [6.07, 6.45) is 4.64. The van der Waals surface area contributed by atoms with E-state index in [1.807, 2.05) is 43.7 Å². The van der Waals surface area contributed by atoms with Gasteiger partial charge in [0.05, 0.1) is 30.1 Å². The average Bonchev–Trinajstić information content (AvgIpc) is 3.42.